The number of ether oxygens (including phenoxy) is 1. The van der Waals surface area contributed by atoms with Gasteiger partial charge < -0.3 is 9.84 Å². The molecule has 0 spiro atoms. The third-order valence-corrected chi connectivity index (χ3v) is 3.59. The second-order valence-corrected chi connectivity index (χ2v) is 4.97. The van der Waals surface area contributed by atoms with Gasteiger partial charge in [-0.25, -0.2) is 0 Å². The van der Waals surface area contributed by atoms with Crippen LogP contribution >= 0.6 is 11.6 Å². The molecule has 1 aliphatic carbocycles. The molecule has 0 aromatic heterocycles. The molecule has 92 valence electrons. The fourth-order valence-corrected chi connectivity index (χ4v) is 2.79. The van der Waals surface area contributed by atoms with Crippen LogP contribution in [-0.2, 0) is 21.6 Å². The predicted molar refractivity (Wildman–Crippen MR) is 65.3 cm³/mol. The summed E-state index contributed by atoms with van der Waals surface area (Å²) in [5, 5.41) is 9.64. The zero-order chi connectivity index (χ0) is 12.5. The summed E-state index contributed by atoms with van der Waals surface area (Å²) >= 11 is 6.22. The molecule has 3 nitrogen and oxygen atoms in total. The van der Waals surface area contributed by atoms with Gasteiger partial charge in [-0.3, -0.25) is 4.79 Å². The summed E-state index contributed by atoms with van der Waals surface area (Å²) in [5.74, 6) is -0.772. The first-order valence-corrected chi connectivity index (χ1v) is 5.95. The lowest BCUT2D eigenvalue weighted by atomic mass is 9.88. The van der Waals surface area contributed by atoms with Gasteiger partial charge >= 0.3 is 5.97 Å². The molecule has 1 aliphatic rings. The Labute approximate surface area is 105 Å². The molecular weight excluding hydrogens is 240 g/mol. The molecule has 0 atom stereocenters. The van der Waals surface area contributed by atoms with Gasteiger partial charge in [0.25, 0.3) is 0 Å². The van der Waals surface area contributed by atoms with Crippen molar-refractivity contribution in [2.24, 2.45) is 0 Å². The van der Waals surface area contributed by atoms with Gasteiger partial charge in [0, 0.05) is 17.5 Å². The summed E-state index contributed by atoms with van der Waals surface area (Å²) in [7, 11) is 1.63. The van der Waals surface area contributed by atoms with Crippen molar-refractivity contribution in [1.29, 1.82) is 0 Å². The molecule has 4 heteroatoms. The van der Waals surface area contributed by atoms with E-state index >= 15 is 0 Å². The molecular formula is C13H15ClO3. The van der Waals surface area contributed by atoms with Crippen molar-refractivity contribution in [1.82, 2.24) is 0 Å². The summed E-state index contributed by atoms with van der Waals surface area (Å²) in [4.78, 5) is 10.9. The number of hydrogen-bond acceptors (Lipinski definition) is 2. The number of benzene rings is 1. The van der Waals surface area contributed by atoms with Crippen molar-refractivity contribution in [3.05, 3.63) is 34.3 Å². The van der Waals surface area contributed by atoms with E-state index < -0.39 is 5.97 Å². The number of methoxy groups -OCH3 is 1. The molecule has 1 aromatic rings. The van der Waals surface area contributed by atoms with E-state index in [-0.39, 0.29) is 11.8 Å². The Morgan fingerprint density at radius 3 is 2.76 bits per heavy atom. The number of carboxylic acids is 1. The van der Waals surface area contributed by atoms with Crippen molar-refractivity contribution in [2.45, 2.75) is 31.3 Å². The number of carbonyl (C=O) groups is 1. The minimum Gasteiger partial charge on any atom is -0.481 e. The van der Waals surface area contributed by atoms with E-state index in [1.807, 2.05) is 18.2 Å². The Bertz CT molecular complexity index is 438. The summed E-state index contributed by atoms with van der Waals surface area (Å²) in [5.41, 5.74) is 1.70. The van der Waals surface area contributed by atoms with Gasteiger partial charge in [-0.2, -0.15) is 0 Å². The van der Waals surface area contributed by atoms with Crippen LogP contribution < -0.4 is 0 Å². The highest BCUT2D eigenvalue weighted by Gasteiger charge is 2.48. The van der Waals surface area contributed by atoms with Crippen LogP contribution in [0.5, 0.6) is 0 Å². The summed E-state index contributed by atoms with van der Waals surface area (Å²) in [6.45, 7) is 0.470. The highest BCUT2D eigenvalue weighted by atomic mass is 35.5. The minimum atomic E-state index is -0.772. The number of hydrogen-bond donors (Lipinski definition) is 1. The average Bonchev–Trinajstić information content (AvgIpc) is 2.98. The number of halogens is 1. The summed E-state index contributed by atoms with van der Waals surface area (Å²) in [6, 6.07) is 5.64. The van der Waals surface area contributed by atoms with Gasteiger partial charge in [0.15, 0.2) is 0 Å². The third-order valence-electron chi connectivity index (χ3n) is 3.27. The van der Waals surface area contributed by atoms with E-state index in [9.17, 15) is 4.79 Å². The van der Waals surface area contributed by atoms with E-state index in [4.69, 9.17) is 21.4 Å². The summed E-state index contributed by atoms with van der Waals surface area (Å²) < 4.78 is 5.15. The van der Waals surface area contributed by atoms with Crippen LogP contribution in [0.15, 0.2) is 18.2 Å². The van der Waals surface area contributed by atoms with Gasteiger partial charge in [-0.15, -0.1) is 0 Å². The molecule has 17 heavy (non-hydrogen) atoms. The topological polar surface area (TPSA) is 46.5 Å². The molecule has 0 amide bonds. The first kappa shape index (κ1) is 12.4. The van der Waals surface area contributed by atoms with E-state index in [1.165, 1.54) is 0 Å². The fraction of sp³-hybridized carbons (Fsp3) is 0.462. The first-order valence-electron chi connectivity index (χ1n) is 5.58. The fourth-order valence-electron chi connectivity index (χ4n) is 2.39. The maximum absolute atomic E-state index is 10.9. The zero-order valence-corrected chi connectivity index (χ0v) is 10.5. The number of aliphatic carboxylic acids is 1. The van der Waals surface area contributed by atoms with Crippen LogP contribution in [0.3, 0.4) is 0 Å². The molecule has 0 bridgehead atoms. The molecule has 1 fully saturated rings. The second kappa shape index (κ2) is 4.67. The summed E-state index contributed by atoms with van der Waals surface area (Å²) in [6.07, 6.45) is 1.92. The lowest BCUT2D eigenvalue weighted by Gasteiger charge is -2.19. The number of rotatable bonds is 5. The van der Waals surface area contributed by atoms with Crippen LogP contribution in [0.1, 0.15) is 30.4 Å². The highest BCUT2D eigenvalue weighted by Crippen LogP contribution is 2.54. The Hall–Kier alpha value is -1.06. The average molecular weight is 255 g/mol. The monoisotopic (exact) mass is 254 g/mol. The molecule has 1 N–H and O–H groups in total. The van der Waals surface area contributed by atoms with Crippen molar-refractivity contribution in [3.8, 4) is 0 Å². The van der Waals surface area contributed by atoms with Crippen LogP contribution in [-0.4, -0.2) is 18.2 Å². The zero-order valence-electron chi connectivity index (χ0n) is 9.70. The Morgan fingerprint density at radius 1 is 1.53 bits per heavy atom. The van der Waals surface area contributed by atoms with Gasteiger partial charge in [0.05, 0.1) is 13.0 Å². The molecule has 0 heterocycles. The van der Waals surface area contributed by atoms with Gasteiger partial charge in [-0.1, -0.05) is 23.7 Å². The Kier molecular flexibility index (Phi) is 3.40. The highest BCUT2D eigenvalue weighted by molar-refractivity contribution is 6.31. The molecule has 0 unspecified atom stereocenters. The van der Waals surface area contributed by atoms with Gasteiger partial charge in [0.1, 0.15) is 0 Å². The predicted octanol–water partition coefficient (Wildman–Crippen LogP) is 2.99. The Morgan fingerprint density at radius 2 is 2.24 bits per heavy atom. The van der Waals surface area contributed by atoms with E-state index in [2.05, 4.69) is 0 Å². The molecule has 2 rings (SSSR count). The standard InChI is InChI=1S/C13H15ClO3/c1-17-8-9-3-2-4-10(14)12(9)13(5-6-13)7-11(15)16/h2-4H,5-8H2,1H3,(H,15,16). The lowest BCUT2D eigenvalue weighted by molar-refractivity contribution is -0.137. The quantitative estimate of drug-likeness (QED) is 0.879. The second-order valence-electron chi connectivity index (χ2n) is 4.56. The van der Waals surface area contributed by atoms with Gasteiger partial charge in [-0.05, 0) is 30.0 Å². The lowest BCUT2D eigenvalue weighted by Crippen LogP contribution is -2.16. The molecule has 1 saturated carbocycles. The van der Waals surface area contributed by atoms with Crippen molar-refractivity contribution >= 4 is 17.6 Å². The van der Waals surface area contributed by atoms with Crippen LogP contribution in [0.4, 0.5) is 0 Å². The Balaban J connectivity index is 2.39. The molecule has 1 aromatic carbocycles. The van der Waals surface area contributed by atoms with E-state index in [0.717, 1.165) is 24.0 Å². The van der Waals surface area contributed by atoms with Crippen molar-refractivity contribution in [2.75, 3.05) is 7.11 Å². The molecule has 0 radical (unpaired) electrons. The minimum absolute atomic E-state index is 0.146. The smallest absolute Gasteiger partial charge is 0.304 e. The van der Waals surface area contributed by atoms with Crippen molar-refractivity contribution in [3.63, 3.8) is 0 Å². The van der Waals surface area contributed by atoms with Crippen molar-refractivity contribution < 1.29 is 14.6 Å². The molecule has 0 aliphatic heterocycles. The van der Waals surface area contributed by atoms with Crippen LogP contribution in [0.2, 0.25) is 5.02 Å². The normalized spacial score (nSPS) is 16.8. The largest absolute Gasteiger partial charge is 0.481 e. The van der Waals surface area contributed by atoms with Gasteiger partial charge in [0.2, 0.25) is 0 Å². The van der Waals surface area contributed by atoms with Crippen LogP contribution in [0.25, 0.3) is 0 Å². The SMILES string of the molecule is COCc1cccc(Cl)c1C1(CC(=O)O)CC1. The maximum Gasteiger partial charge on any atom is 0.304 e. The molecule has 0 saturated heterocycles. The maximum atomic E-state index is 10.9. The number of carboxylic acid groups (broad SMARTS) is 1. The first-order chi connectivity index (χ1) is 8.09. The van der Waals surface area contributed by atoms with E-state index in [1.54, 1.807) is 7.11 Å². The third kappa shape index (κ3) is 2.45. The van der Waals surface area contributed by atoms with E-state index in [0.29, 0.717) is 11.6 Å². The van der Waals surface area contributed by atoms with Crippen LogP contribution in [0, 0.1) is 0 Å².